The van der Waals surface area contributed by atoms with Gasteiger partial charge in [0.2, 0.25) is 12.7 Å². The third kappa shape index (κ3) is 3.33. The molecule has 1 N–H and O–H groups in total. The Hall–Kier alpha value is -3.71. The third-order valence-electron chi connectivity index (χ3n) is 5.52. The summed E-state index contributed by atoms with van der Waals surface area (Å²) in [4.78, 5) is 4.36. The number of rotatable bonds is 6. The van der Waals surface area contributed by atoms with Gasteiger partial charge in [0, 0.05) is 41.4 Å². The zero-order valence-corrected chi connectivity index (χ0v) is 17.3. The standard InChI is InChI=1S/C24H22N2O5/c1-28-17-5-3-4-15(8-17)12-26-19-10-22-21(30-14-31-22)9-18(19)24(20(26)13-27)16-6-7-23(29-2)25-11-16/h3-11,27H,12-14H2,1-2H3. The van der Waals surface area contributed by atoms with Gasteiger partial charge in [-0.15, -0.1) is 0 Å². The quantitative estimate of drug-likeness (QED) is 0.510. The van der Waals surface area contributed by atoms with Crippen LogP contribution in [0.5, 0.6) is 23.1 Å². The molecule has 0 unspecified atom stereocenters. The number of fused-ring (bicyclic) bond motifs is 2. The molecule has 2 aromatic carbocycles. The first kappa shape index (κ1) is 19.3. The van der Waals surface area contributed by atoms with E-state index in [1.54, 1.807) is 20.4 Å². The molecule has 7 heteroatoms. The number of ether oxygens (including phenoxy) is 4. The molecule has 158 valence electrons. The van der Waals surface area contributed by atoms with Gasteiger partial charge >= 0.3 is 0 Å². The second-order valence-electron chi connectivity index (χ2n) is 7.23. The van der Waals surface area contributed by atoms with Crippen LogP contribution in [0, 0.1) is 0 Å². The van der Waals surface area contributed by atoms with Crippen molar-refractivity contribution in [2.75, 3.05) is 21.0 Å². The molecule has 0 atom stereocenters. The Labute approximate surface area is 179 Å². The van der Waals surface area contributed by atoms with Gasteiger partial charge in [-0.05, 0) is 29.8 Å². The average molecular weight is 418 g/mol. The van der Waals surface area contributed by atoms with Crippen LogP contribution in [0.25, 0.3) is 22.0 Å². The SMILES string of the molecule is COc1cccc(Cn2c(CO)c(-c3ccc(OC)nc3)c3cc4c(cc32)OCO4)c1. The van der Waals surface area contributed by atoms with E-state index >= 15 is 0 Å². The van der Waals surface area contributed by atoms with E-state index in [0.717, 1.165) is 39.0 Å². The van der Waals surface area contributed by atoms with Crippen LogP contribution in [0.15, 0.2) is 54.7 Å². The van der Waals surface area contributed by atoms with Crippen LogP contribution >= 0.6 is 0 Å². The largest absolute Gasteiger partial charge is 0.497 e. The van der Waals surface area contributed by atoms with Crippen molar-refractivity contribution in [3.05, 3.63) is 66.0 Å². The summed E-state index contributed by atoms with van der Waals surface area (Å²) in [6.45, 7) is 0.628. The summed E-state index contributed by atoms with van der Waals surface area (Å²) in [5, 5.41) is 11.4. The minimum atomic E-state index is -0.133. The highest BCUT2D eigenvalue weighted by Gasteiger charge is 2.23. The monoisotopic (exact) mass is 418 g/mol. The molecule has 1 aliphatic rings. The zero-order valence-electron chi connectivity index (χ0n) is 17.3. The molecule has 0 aliphatic carbocycles. The van der Waals surface area contributed by atoms with Gasteiger partial charge in [-0.3, -0.25) is 0 Å². The molecule has 0 amide bonds. The third-order valence-corrected chi connectivity index (χ3v) is 5.52. The highest BCUT2D eigenvalue weighted by molar-refractivity contribution is 6.00. The summed E-state index contributed by atoms with van der Waals surface area (Å²) in [6.07, 6.45) is 1.76. The smallest absolute Gasteiger partial charge is 0.231 e. The molecule has 0 saturated heterocycles. The second-order valence-corrected chi connectivity index (χ2v) is 7.23. The first-order chi connectivity index (χ1) is 15.2. The maximum absolute atomic E-state index is 10.4. The highest BCUT2D eigenvalue weighted by Crippen LogP contribution is 2.43. The van der Waals surface area contributed by atoms with Crippen LogP contribution in [0.4, 0.5) is 0 Å². The Bertz CT molecular complexity index is 1250. The zero-order chi connectivity index (χ0) is 21.4. The van der Waals surface area contributed by atoms with Crippen LogP contribution < -0.4 is 18.9 Å². The molecule has 0 fully saturated rings. The van der Waals surface area contributed by atoms with Crippen LogP contribution in [-0.4, -0.2) is 35.7 Å². The molecule has 2 aromatic heterocycles. The van der Waals surface area contributed by atoms with Crippen molar-refractivity contribution < 1.29 is 24.1 Å². The molecule has 0 bridgehead atoms. The molecule has 0 radical (unpaired) electrons. The molecule has 0 spiro atoms. The fourth-order valence-corrected chi connectivity index (χ4v) is 4.06. The summed E-state index contributed by atoms with van der Waals surface area (Å²) >= 11 is 0. The molecular formula is C24H22N2O5. The van der Waals surface area contributed by atoms with Gasteiger partial charge in [-0.25, -0.2) is 4.98 Å². The Morgan fingerprint density at radius 1 is 1.03 bits per heavy atom. The minimum absolute atomic E-state index is 0.133. The molecule has 7 nitrogen and oxygen atoms in total. The predicted molar refractivity (Wildman–Crippen MR) is 116 cm³/mol. The molecular weight excluding hydrogens is 396 g/mol. The topological polar surface area (TPSA) is 75.0 Å². The molecule has 31 heavy (non-hydrogen) atoms. The van der Waals surface area contributed by atoms with E-state index in [-0.39, 0.29) is 13.4 Å². The number of aliphatic hydroxyl groups is 1. The van der Waals surface area contributed by atoms with E-state index in [1.807, 2.05) is 48.5 Å². The van der Waals surface area contributed by atoms with Crippen LogP contribution in [-0.2, 0) is 13.2 Å². The normalized spacial score (nSPS) is 12.4. The lowest BCUT2D eigenvalue weighted by Gasteiger charge is -2.12. The number of aliphatic hydroxyl groups excluding tert-OH is 1. The van der Waals surface area contributed by atoms with Crippen molar-refractivity contribution in [3.63, 3.8) is 0 Å². The fraction of sp³-hybridized carbons (Fsp3) is 0.208. The maximum atomic E-state index is 10.4. The lowest BCUT2D eigenvalue weighted by atomic mass is 10.0. The van der Waals surface area contributed by atoms with Gasteiger partial charge in [-0.1, -0.05) is 12.1 Å². The Morgan fingerprint density at radius 3 is 2.58 bits per heavy atom. The highest BCUT2D eigenvalue weighted by atomic mass is 16.7. The number of aromatic nitrogens is 2. The van der Waals surface area contributed by atoms with Crippen molar-refractivity contribution in [2.24, 2.45) is 0 Å². The Kier molecular flexibility index (Phi) is 4.88. The number of hydrogen-bond acceptors (Lipinski definition) is 6. The number of methoxy groups -OCH3 is 2. The van der Waals surface area contributed by atoms with Crippen molar-refractivity contribution in [1.29, 1.82) is 0 Å². The summed E-state index contributed by atoms with van der Waals surface area (Å²) < 4.78 is 23.9. The van der Waals surface area contributed by atoms with Crippen LogP contribution in [0.2, 0.25) is 0 Å². The molecule has 4 aromatic rings. The van der Waals surface area contributed by atoms with E-state index in [2.05, 4.69) is 9.55 Å². The van der Waals surface area contributed by atoms with Gasteiger partial charge in [0.15, 0.2) is 11.5 Å². The number of nitrogens with zero attached hydrogens (tertiary/aromatic N) is 2. The van der Waals surface area contributed by atoms with Crippen LogP contribution in [0.3, 0.4) is 0 Å². The van der Waals surface area contributed by atoms with Crippen molar-refractivity contribution in [3.8, 4) is 34.3 Å². The molecule has 3 heterocycles. The van der Waals surface area contributed by atoms with E-state index in [0.29, 0.717) is 23.9 Å². The van der Waals surface area contributed by atoms with Crippen molar-refractivity contribution in [2.45, 2.75) is 13.2 Å². The Balaban J connectivity index is 1.73. The molecule has 5 rings (SSSR count). The van der Waals surface area contributed by atoms with E-state index < -0.39 is 0 Å². The Morgan fingerprint density at radius 2 is 1.87 bits per heavy atom. The minimum Gasteiger partial charge on any atom is -0.497 e. The molecule has 1 aliphatic heterocycles. The lowest BCUT2D eigenvalue weighted by molar-refractivity contribution is 0.174. The molecule has 0 saturated carbocycles. The van der Waals surface area contributed by atoms with Gasteiger partial charge < -0.3 is 28.6 Å². The second kappa shape index (κ2) is 7.85. The van der Waals surface area contributed by atoms with Gasteiger partial charge in [0.25, 0.3) is 0 Å². The summed E-state index contributed by atoms with van der Waals surface area (Å²) in [7, 11) is 3.24. The van der Waals surface area contributed by atoms with Crippen molar-refractivity contribution >= 4 is 10.9 Å². The van der Waals surface area contributed by atoms with Crippen molar-refractivity contribution in [1.82, 2.24) is 9.55 Å². The predicted octanol–water partition coefficient (Wildman–Crippen LogP) is 3.99. The van der Waals surface area contributed by atoms with Gasteiger partial charge in [0.1, 0.15) is 5.75 Å². The van der Waals surface area contributed by atoms with Gasteiger partial charge in [-0.2, -0.15) is 0 Å². The number of benzene rings is 2. The summed E-state index contributed by atoms with van der Waals surface area (Å²) in [5.74, 6) is 2.71. The first-order valence-corrected chi connectivity index (χ1v) is 9.90. The van der Waals surface area contributed by atoms with Gasteiger partial charge in [0.05, 0.1) is 32.0 Å². The van der Waals surface area contributed by atoms with E-state index in [9.17, 15) is 5.11 Å². The summed E-state index contributed by atoms with van der Waals surface area (Å²) in [6, 6.07) is 15.6. The first-order valence-electron chi connectivity index (χ1n) is 9.90. The maximum Gasteiger partial charge on any atom is 0.231 e. The average Bonchev–Trinajstić information content (AvgIpc) is 3.39. The lowest BCUT2D eigenvalue weighted by Crippen LogP contribution is -2.05. The summed E-state index contributed by atoms with van der Waals surface area (Å²) in [5.41, 5.74) is 4.59. The number of pyridine rings is 1. The van der Waals surface area contributed by atoms with E-state index in [1.165, 1.54) is 0 Å². The fourth-order valence-electron chi connectivity index (χ4n) is 4.06. The van der Waals surface area contributed by atoms with Crippen LogP contribution in [0.1, 0.15) is 11.3 Å². The number of hydrogen-bond donors (Lipinski definition) is 1. The van der Waals surface area contributed by atoms with E-state index in [4.69, 9.17) is 18.9 Å².